The van der Waals surface area contributed by atoms with E-state index in [0.717, 1.165) is 43.7 Å². The van der Waals surface area contributed by atoms with E-state index in [1.165, 1.54) is 6.07 Å². The van der Waals surface area contributed by atoms with Gasteiger partial charge in [0.2, 0.25) is 11.8 Å². The van der Waals surface area contributed by atoms with Gasteiger partial charge in [-0.25, -0.2) is 8.42 Å². The number of hydrogen-bond donors (Lipinski definition) is 1. The molecule has 1 atom stereocenters. The van der Waals surface area contributed by atoms with E-state index in [1.807, 2.05) is 6.92 Å². The van der Waals surface area contributed by atoms with Gasteiger partial charge in [-0.3, -0.25) is 9.59 Å². The molecule has 1 fully saturated rings. The van der Waals surface area contributed by atoms with Crippen LogP contribution < -0.4 is 5.32 Å². The molecule has 1 saturated heterocycles. The summed E-state index contributed by atoms with van der Waals surface area (Å²) < 4.78 is 25.4. The Balaban J connectivity index is 1.69. The molecule has 2 aliphatic rings. The second kappa shape index (κ2) is 8.65. The van der Waals surface area contributed by atoms with Crippen molar-refractivity contribution < 1.29 is 18.0 Å². The third-order valence-electron chi connectivity index (χ3n) is 4.93. The van der Waals surface area contributed by atoms with Crippen LogP contribution in [-0.4, -0.2) is 49.2 Å². The van der Waals surface area contributed by atoms with Crippen LogP contribution in [0.15, 0.2) is 28.0 Å². The number of hydrogen-bond acceptors (Lipinski definition) is 5. The minimum Gasteiger partial charge on any atom is -0.343 e. The highest BCUT2D eigenvalue weighted by Crippen LogP contribution is 2.36. The first kappa shape index (κ1) is 20.2. The van der Waals surface area contributed by atoms with Gasteiger partial charge in [0.05, 0.1) is 16.3 Å². The highest BCUT2D eigenvalue weighted by Gasteiger charge is 2.24. The van der Waals surface area contributed by atoms with Gasteiger partial charge in [-0.15, -0.1) is 11.8 Å². The molecule has 0 aliphatic carbocycles. The Morgan fingerprint density at radius 1 is 1.22 bits per heavy atom. The molecule has 6 nitrogen and oxygen atoms in total. The van der Waals surface area contributed by atoms with Gasteiger partial charge < -0.3 is 10.2 Å². The third-order valence-corrected chi connectivity index (χ3v) is 7.82. The van der Waals surface area contributed by atoms with Gasteiger partial charge in [0.1, 0.15) is 0 Å². The molecule has 1 N–H and O–H groups in total. The summed E-state index contributed by atoms with van der Waals surface area (Å²) >= 11 is 1.56. The van der Waals surface area contributed by atoms with Crippen LogP contribution in [0.4, 0.5) is 5.69 Å². The molecule has 0 saturated carbocycles. The number of amides is 2. The van der Waals surface area contributed by atoms with Crippen LogP contribution in [0.2, 0.25) is 0 Å². The van der Waals surface area contributed by atoms with Crippen molar-refractivity contribution in [3.8, 4) is 0 Å². The Kier molecular flexibility index (Phi) is 6.47. The normalized spacial score (nSPS) is 21.0. The third kappa shape index (κ3) is 5.25. The number of nitrogens with one attached hydrogen (secondary N) is 1. The van der Waals surface area contributed by atoms with Gasteiger partial charge in [-0.2, -0.15) is 0 Å². The predicted octanol–water partition coefficient (Wildman–Crippen LogP) is 3.08. The van der Waals surface area contributed by atoms with Gasteiger partial charge in [-0.1, -0.05) is 19.8 Å². The van der Waals surface area contributed by atoms with Crippen LogP contribution in [0.25, 0.3) is 0 Å². The molecule has 2 aliphatic heterocycles. The lowest BCUT2D eigenvalue weighted by molar-refractivity contribution is -0.130. The van der Waals surface area contributed by atoms with Gasteiger partial charge in [0.25, 0.3) is 0 Å². The highest BCUT2D eigenvalue weighted by atomic mass is 32.2. The first-order valence-corrected chi connectivity index (χ1v) is 12.0. The molecule has 0 bridgehead atoms. The van der Waals surface area contributed by atoms with E-state index in [9.17, 15) is 18.0 Å². The summed E-state index contributed by atoms with van der Waals surface area (Å²) in [4.78, 5) is 27.1. The van der Waals surface area contributed by atoms with E-state index in [-0.39, 0.29) is 34.1 Å². The van der Waals surface area contributed by atoms with Gasteiger partial charge >= 0.3 is 0 Å². The zero-order chi connectivity index (χ0) is 19.4. The van der Waals surface area contributed by atoms with Gasteiger partial charge in [-0.05, 0) is 31.0 Å². The van der Waals surface area contributed by atoms with Crippen molar-refractivity contribution in [3.63, 3.8) is 0 Å². The number of sulfone groups is 1. The van der Waals surface area contributed by atoms with Crippen LogP contribution >= 0.6 is 11.8 Å². The molecule has 3 rings (SSSR count). The maximum atomic E-state index is 12.7. The Bertz CT molecular complexity index is 815. The van der Waals surface area contributed by atoms with Crippen molar-refractivity contribution >= 4 is 39.1 Å². The number of likely N-dealkylation sites (tertiary alicyclic amines) is 1. The number of anilines is 1. The minimum absolute atomic E-state index is 0.00242. The summed E-state index contributed by atoms with van der Waals surface area (Å²) in [5.74, 6) is -0.411. The molecule has 0 spiro atoms. The second-order valence-electron chi connectivity index (χ2n) is 7.20. The summed E-state index contributed by atoms with van der Waals surface area (Å²) in [6.45, 7) is 3.41. The molecule has 2 amide bonds. The van der Waals surface area contributed by atoms with Crippen LogP contribution in [0, 0.1) is 0 Å². The van der Waals surface area contributed by atoms with E-state index < -0.39 is 9.84 Å². The summed E-state index contributed by atoms with van der Waals surface area (Å²) in [7, 11) is -3.59. The van der Waals surface area contributed by atoms with E-state index in [2.05, 4.69) is 5.32 Å². The number of thioether (sulfide) groups is 1. The van der Waals surface area contributed by atoms with Crippen LogP contribution in [-0.2, 0) is 19.4 Å². The molecule has 8 heteroatoms. The fourth-order valence-corrected chi connectivity index (χ4v) is 5.75. The Labute approximate surface area is 165 Å². The molecule has 1 aromatic carbocycles. The molecular weight excluding hydrogens is 384 g/mol. The summed E-state index contributed by atoms with van der Waals surface area (Å²) in [6.07, 6.45) is 4.61. The number of benzene rings is 1. The number of carbonyl (C=O) groups is 2. The molecule has 0 aromatic heterocycles. The quantitative estimate of drug-likeness (QED) is 0.825. The number of nitrogens with zero attached hydrogens (tertiary/aromatic N) is 1. The Morgan fingerprint density at radius 2 is 1.93 bits per heavy atom. The fourth-order valence-electron chi connectivity index (χ4n) is 3.44. The van der Waals surface area contributed by atoms with Crippen LogP contribution in [0.1, 0.15) is 45.4 Å². The average Bonchev–Trinajstić information content (AvgIpc) is 2.96. The molecule has 1 aromatic rings. The topological polar surface area (TPSA) is 83.5 Å². The lowest BCUT2D eigenvalue weighted by Gasteiger charge is -2.20. The maximum Gasteiger partial charge on any atom is 0.225 e. The molecule has 148 valence electrons. The smallest absolute Gasteiger partial charge is 0.225 e. The predicted molar refractivity (Wildman–Crippen MR) is 107 cm³/mol. The van der Waals surface area contributed by atoms with E-state index in [4.69, 9.17) is 0 Å². The zero-order valence-corrected chi connectivity index (χ0v) is 17.2. The first-order valence-electron chi connectivity index (χ1n) is 9.46. The molecule has 0 radical (unpaired) electrons. The van der Waals surface area contributed by atoms with E-state index in [0.29, 0.717) is 12.1 Å². The Hall–Kier alpha value is -1.54. The summed E-state index contributed by atoms with van der Waals surface area (Å²) in [5, 5.41) is 2.93. The monoisotopic (exact) mass is 410 g/mol. The fraction of sp³-hybridized carbons (Fsp3) is 0.579. The summed E-state index contributed by atoms with van der Waals surface area (Å²) in [6, 6.07) is 4.83. The number of carbonyl (C=O) groups excluding carboxylic acids is 2. The minimum atomic E-state index is -3.59. The van der Waals surface area contributed by atoms with Crippen LogP contribution in [0.3, 0.4) is 0 Å². The lowest BCUT2D eigenvalue weighted by Crippen LogP contribution is -2.33. The maximum absolute atomic E-state index is 12.7. The van der Waals surface area contributed by atoms with E-state index >= 15 is 0 Å². The van der Waals surface area contributed by atoms with Crippen molar-refractivity contribution in [3.05, 3.63) is 18.2 Å². The largest absolute Gasteiger partial charge is 0.343 e. The van der Waals surface area contributed by atoms with Crippen molar-refractivity contribution in [2.45, 2.75) is 60.5 Å². The van der Waals surface area contributed by atoms with E-state index in [1.54, 1.807) is 28.8 Å². The lowest BCUT2D eigenvalue weighted by atomic mass is 10.2. The molecule has 27 heavy (non-hydrogen) atoms. The number of fused-ring (bicyclic) bond motifs is 1. The molecule has 2 heterocycles. The Morgan fingerprint density at radius 3 is 2.63 bits per heavy atom. The second-order valence-corrected chi connectivity index (χ2v) is 10.8. The average molecular weight is 411 g/mol. The molecule has 1 unspecified atom stereocenters. The SMILES string of the molecule is CC1CC(=O)Nc2cc(S(=O)(=O)CCC(=O)N3CCCCCC3)ccc2S1. The van der Waals surface area contributed by atoms with Gasteiger partial charge in [0, 0.05) is 36.1 Å². The van der Waals surface area contributed by atoms with Crippen molar-refractivity contribution in [2.24, 2.45) is 0 Å². The highest BCUT2D eigenvalue weighted by molar-refractivity contribution is 8.00. The summed E-state index contributed by atoms with van der Waals surface area (Å²) in [5.41, 5.74) is 0.536. The van der Waals surface area contributed by atoms with Crippen molar-refractivity contribution in [1.82, 2.24) is 4.90 Å². The molecular formula is C19H26N2O4S2. The van der Waals surface area contributed by atoms with Crippen LogP contribution in [0.5, 0.6) is 0 Å². The standard InChI is InChI=1S/C19H26N2O4S2/c1-14-12-18(22)20-16-13-15(6-7-17(16)26-14)27(24,25)11-8-19(23)21-9-4-2-3-5-10-21/h6-7,13-14H,2-5,8-12H2,1H3,(H,20,22). The van der Waals surface area contributed by atoms with Crippen molar-refractivity contribution in [1.29, 1.82) is 0 Å². The van der Waals surface area contributed by atoms with Gasteiger partial charge in [0.15, 0.2) is 9.84 Å². The first-order chi connectivity index (χ1) is 12.8. The number of rotatable bonds is 4. The zero-order valence-electron chi connectivity index (χ0n) is 15.6. The van der Waals surface area contributed by atoms with Crippen molar-refractivity contribution in [2.75, 3.05) is 24.2 Å².